The van der Waals surface area contributed by atoms with E-state index in [1.54, 1.807) is 29.5 Å². The fourth-order valence-electron chi connectivity index (χ4n) is 3.22. The van der Waals surface area contributed by atoms with Gasteiger partial charge in [0.05, 0.1) is 15.1 Å². The van der Waals surface area contributed by atoms with Gasteiger partial charge in [-0.15, -0.1) is 0 Å². The predicted molar refractivity (Wildman–Crippen MR) is 120 cm³/mol. The number of carbonyl (C=O) groups excluding carboxylic acids is 1. The summed E-state index contributed by atoms with van der Waals surface area (Å²) in [5.41, 5.74) is 2.18. The lowest BCUT2D eigenvalue weighted by Gasteiger charge is -2.31. The number of nitrogens with one attached hydrogen (secondary N) is 1. The number of rotatable bonds is 5. The molecule has 1 fully saturated rings. The third-order valence-corrected chi connectivity index (χ3v) is 6.01. The zero-order chi connectivity index (χ0) is 21.1. The molecule has 0 unspecified atom stereocenters. The Morgan fingerprint density at radius 2 is 2.00 bits per heavy atom. The van der Waals surface area contributed by atoms with Crippen LogP contribution in [0.4, 0.5) is 16.5 Å². The summed E-state index contributed by atoms with van der Waals surface area (Å²) < 4.78 is 1.02. The monoisotopic (exact) mass is 423 g/mol. The van der Waals surface area contributed by atoms with Crippen LogP contribution in [-0.4, -0.2) is 53.9 Å². The number of aromatic nitrogens is 1. The summed E-state index contributed by atoms with van der Waals surface area (Å²) in [5, 5.41) is 14.7. The molecule has 0 radical (unpaired) electrons. The summed E-state index contributed by atoms with van der Waals surface area (Å²) in [6.07, 6.45) is 2.92. The number of hydrogen-bond donors (Lipinski definition) is 1. The Morgan fingerprint density at radius 1 is 1.20 bits per heavy atom. The van der Waals surface area contributed by atoms with E-state index >= 15 is 0 Å². The van der Waals surface area contributed by atoms with Crippen LogP contribution in [0.15, 0.2) is 48.5 Å². The number of nitro groups is 1. The van der Waals surface area contributed by atoms with E-state index in [1.165, 1.54) is 18.2 Å². The molecular weight excluding hydrogens is 402 g/mol. The molecular formula is C21H21N5O3S. The van der Waals surface area contributed by atoms with Crippen molar-refractivity contribution < 1.29 is 9.72 Å². The van der Waals surface area contributed by atoms with Gasteiger partial charge in [-0.3, -0.25) is 14.9 Å². The summed E-state index contributed by atoms with van der Waals surface area (Å²) in [6, 6.07) is 11.8. The number of anilines is 2. The van der Waals surface area contributed by atoms with Gasteiger partial charge in [-0.25, -0.2) is 4.98 Å². The van der Waals surface area contributed by atoms with Crippen LogP contribution in [0.2, 0.25) is 0 Å². The van der Waals surface area contributed by atoms with Gasteiger partial charge in [0.15, 0.2) is 5.13 Å². The second kappa shape index (κ2) is 8.60. The van der Waals surface area contributed by atoms with Crippen LogP contribution in [-0.2, 0) is 4.79 Å². The van der Waals surface area contributed by atoms with Gasteiger partial charge in [0.2, 0.25) is 5.91 Å². The van der Waals surface area contributed by atoms with E-state index in [4.69, 9.17) is 4.98 Å². The first-order valence-corrected chi connectivity index (χ1v) is 10.4. The average Bonchev–Trinajstić information content (AvgIpc) is 3.16. The minimum atomic E-state index is -0.460. The fraction of sp³-hybridized carbons (Fsp3) is 0.238. The molecule has 0 spiro atoms. The molecule has 1 N–H and O–H groups in total. The molecule has 1 aromatic heterocycles. The zero-order valence-electron chi connectivity index (χ0n) is 16.4. The molecule has 154 valence electrons. The Labute approximate surface area is 177 Å². The van der Waals surface area contributed by atoms with Crippen molar-refractivity contribution in [2.24, 2.45) is 0 Å². The number of carbonyl (C=O) groups is 1. The van der Waals surface area contributed by atoms with Crippen LogP contribution in [0.1, 0.15) is 5.56 Å². The Hall–Kier alpha value is -3.30. The van der Waals surface area contributed by atoms with Crippen LogP contribution in [0.5, 0.6) is 0 Å². The van der Waals surface area contributed by atoms with Crippen molar-refractivity contribution >= 4 is 50.0 Å². The number of non-ortho nitro benzene ring substituents is 1. The molecule has 0 aliphatic carbocycles. The van der Waals surface area contributed by atoms with Crippen molar-refractivity contribution in [3.63, 3.8) is 0 Å². The Balaban J connectivity index is 1.44. The van der Waals surface area contributed by atoms with Gasteiger partial charge in [-0.1, -0.05) is 23.5 Å². The first-order valence-electron chi connectivity index (χ1n) is 9.55. The number of benzene rings is 2. The van der Waals surface area contributed by atoms with Gasteiger partial charge in [-0.05, 0) is 36.9 Å². The molecule has 1 amide bonds. The third-order valence-electron chi connectivity index (χ3n) is 4.93. The quantitative estimate of drug-likeness (QED) is 0.383. The summed E-state index contributed by atoms with van der Waals surface area (Å²) >= 11 is 1.62. The van der Waals surface area contributed by atoms with Gasteiger partial charge < -0.3 is 15.1 Å². The number of likely N-dealkylation sites (N-methyl/N-ethyl adjacent to an activating group) is 1. The van der Waals surface area contributed by atoms with Crippen molar-refractivity contribution in [1.82, 2.24) is 9.88 Å². The maximum Gasteiger partial charge on any atom is 0.270 e. The van der Waals surface area contributed by atoms with E-state index in [9.17, 15) is 14.9 Å². The molecule has 0 atom stereocenters. The molecule has 9 heteroatoms. The Kier molecular flexibility index (Phi) is 5.73. The second-order valence-corrected chi connectivity index (χ2v) is 8.15. The minimum absolute atomic E-state index is 0.00985. The topological polar surface area (TPSA) is 91.6 Å². The molecule has 2 aromatic carbocycles. The smallest absolute Gasteiger partial charge is 0.270 e. The lowest BCUT2D eigenvalue weighted by molar-refractivity contribution is -0.384. The van der Waals surface area contributed by atoms with Crippen molar-refractivity contribution in [1.29, 1.82) is 0 Å². The maximum atomic E-state index is 12.3. The molecule has 1 saturated heterocycles. The normalized spacial score (nSPS) is 15.0. The van der Waals surface area contributed by atoms with E-state index in [2.05, 4.69) is 22.2 Å². The van der Waals surface area contributed by atoms with Crippen LogP contribution in [0, 0.1) is 10.1 Å². The molecule has 1 aliphatic heterocycles. The zero-order valence-corrected chi connectivity index (χ0v) is 17.3. The lowest BCUT2D eigenvalue weighted by atomic mass is 10.2. The van der Waals surface area contributed by atoms with Crippen molar-refractivity contribution in [2.75, 3.05) is 43.4 Å². The summed E-state index contributed by atoms with van der Waals surface area (Å²) in [5.74, 6) is -0.301. The first kappa shape index (κ1) is 20.0. The maximum absolute atomic E-state index is 12.3. The summed E-state index contributed by atoms with van der Waals surface area (Å²) in [4.78, 5) is 32.0. The number of nitro benzene ring substituents is 1. The summed E-state index contributed by atoms with van der Waals surface area (Å²) in [6.45, 7) is 3.97. The largest absolute Gasteiger partial charge is 0.345 e. The molecule has 0 bridgehead atoms. The average molecular weight is 423 g/mol. The van der Waals surface area contributed by atoms with Gasteiger partial charge in [0.1, 0.15) is 0 Å². The SMILES string of the molecule is CN1CCN(c2nc3ccc(NC(=O)/C=C/c4cccc([N+](=O)[O-])c4)cc3s2)CC1. The number of thiazole rings is 1. The van der Waals surface area contributed by atoms with Gasteiger partial charge in [0.25, 0.3) is 5.69 Å². The van der Waals surface area contributed by atoms with Gasteiger partial charge in [-0.2, -0.15) is 0 Å². The summed E-state index contributed by atoms with van der Waals surface area (Å²) in [7, 11) is 2.12. The fourth-order valence-corrected chi connectivity index (χ4v) is 4.28. The number of amides is 1. The van der Waals surface area contributed by atoms with Crippen molar-refractivity contribution in [3.05, 3.63) is 64.2 Å². The molecule has 30 heavy (non-hydrogen) atoms. The highest BCUT2D eigenvalue weighted by Gasteiger charge is 2.17. The third kappa shape index (κ3) is 4.64. The van der Waals surface area contributed by atoms with E-state index in [0.717, 1.165) is 41.5 Å². The molecule has 8 nitrogen and oxygen atoms in total. The number of fused-ring (bicyclic) bond motifs is 1. The van der Waals surface area contributed by atoms with E-state index in [1.807, 2.05) is 18.2 Å². The van der Waals surface area contributed by atoms with Crippen LogP contribution in [0.25, 0.3) is 16.3 Å². The van der Waals surface area contributed by atoms with E-state index in [-0.39, 0.29) is 11.6 Å². The highest BCUT2D eigenvalue weighted by atomic mass is 32.1. The van der Waals surface area contributed by atoms with Crippen LogP contribution >= 0.6 is 11.3 Å². The van der Waals surface area contributed by atoms with Crippen molar-refractivity contribution in [2.45, 2.75) is 0 Å². The highest BCUT2D eigenvalue weighted by molar-refractivity contribution is 7.22. The van der Waals surface area contributed by atoms with E-state index in [0.29, 0.717) is 11.3 Å². The molecule has 4 rings (SSSR count). The Morgan fingerprint density at radius 3 is 2.77 bits per heavy atom. The molecule has 2 heterocycles. The van der Waals surface area contributed by atoms with Crippen LogP contribution in [0.3, 0.4) is 0 Å². The lowest BCUT2D eigenvalue weighted by Crippen LogP contribution is -2.44. The predicted octanol–water partition coefficient (Wildman–Crippen LogP) is 3.61. The van der Waals surface area contributed by atoms with E-state index < -0.39 is 4.92 Å². The molecule has 1 aliphatic rings. The molecule has 3 aromatic rings. The Bertz CT molecular complexity index is 1120. The highest BCUT2D eigenvalue weighted by Crippen LogP contribution is 2.31. The van der Waals surface area contributed by atoms with Crippen molar-refractivity contribution in [3.8, 4) is 0 Å². The van der Waals surface area contributed by atoms with Gasteiger partial charge >= 0.3 is 0 Å². The van der Waals surface area contributed by atoms with Gasteiger partial charge in [0, 0.05) is 50.1 Å². The number of hydrogen-bond acceptors (Lipinski definition) is 7. The molecule has 0 saturated carbocycles. The van der Waals surface area contributed by atoms with Crippen LogP contribution < -0.4 is 10.2 Å². The first-order chi connectivity index (χ1) is 14.5. The minimum Gasteiger partial charge on any atom is -0.345 e. The standard InChI is InChI=1S/C21H21N5O3S/c1-24-9-11-25(12-10-24)21-23-18-7-6-16(14-19(18)30-21)22-20(27)8-5-15-3-2-4-17(13-15)26(28)29/h2-8,13-14H,9-12H2,1H3,(H,22,27)/b8-5+. The number of piperazine rings is 1. The number of nitrogens with zero attached hydrogens (tertiary/aromatic N) is 4. The second-order valence-electron chi connectivity index (χ2n) is 7.14.